The van der Waals surface area contributed by atoms with Gasteiger partial charge in [-0.15, -0.1) is 0 Å². The molecule has 0 radical (unpaired) electrons. The topological polar surface area (TPSA) is 53.6 Å². The van der Waals surface area contributed by atoms with Crippen LogP contribution in [0.15, 0.2) is 0 Å². The third-order valence-electron chi connectivity index (χ3n) is 2.39. The predicted octanol–water partition coefficient (Wildman–Crippen LogP) is -0.957. The minimum atomic E-state index is 0.0189. The zero-order valence-corrected chi connectivity index (χ0v) is 9.58. The fourth-order valence-corrected chi connectivity index (χ4v) is 1.58. The lowest BCUT2D eigenvalue weighted by Gasteiger charge is -2.30. The van der Waals surface area contributed by atoms with Gasteiger partial charge in [-0.2, -0.15) is 0 Å². The normalized spacial score (nSPS) is 22.7. The lowest BCUT2D eigenvalue weighted by molar-refractivity contribution is -0.118. The molecule has 5 nitrogen and oxygen atoms in total. The Morgan fingerprint density at radius 3 is 3.00 bits per heavy atom. The Morgan fingerprint density at radius 2 is 2.33 bits per heavy atom. The molecule has 0 aromatic carbocycles. The summed E-state index contributed by atoms with van der Waals surface area (Å²) >= 11 is 0. The quantitative estimate of drug-likeness (QED) is 0.580. The molecule has 1 aliphatic heterocycles. The number of rotatable bonds is 5. The number of likely N-dealkylation sites (N-methyl/N-ethyl adjacent to an activating group) is 1. The van der Waals surface area contributed by atoms with Crippen LogP contribution in [0.3, 0.4) is 0 Å². The number of carbonyl (C=O) groups excluding carboxylic acids is 1. The van der Waals surface area contributed by atoms with Crippen LogP contribution in [0.5, 0.6) is 0 Å². The molecule has 1 rings (SSSR count). The lowest BCUT2D eigenvalue weighted by atomic mass is 10.3. The van der Waals surface area contributed by atoms with Gasteiger partial charge in [0.05, 0.1) is 12.7 Å². The standard InChI is InChI=1S/C10H21N3O2/c1-9(14)12-4-3-11-7-10-8-13(2)5-6-15-10/h10-11H,3-8H2,1-2H3,(H,12,14). The summed E-state index contributed by atoms with van der Waals surface area (Å²) in [5, 5.41) is 6.00. The van der Waals surface area contributed by atoms with Crippen LogP contribution in [0, 0.1) is 0 Å². The minimum absolute atomic E-state index is 0.0189. The van der Waals surface area contributed by atoms with Crippen molar-refractivity contribution in [3.05, 3.63) is 0 Å². The van der Waals surface area contributed by atoms with Crippen molar-refractivity contribution in [2.45, 2.75) is 13.0 Å². The smallest absolute Gasteiger partial charge is 0.216 e. The molecule has 1 heterocycles. The van der Waals surface area contributed by atoms with Crippen LogP contribution in [0.2, 0.25) is 0 Å². The molecule has 15 heavy (non-hydrogen) atoms. The van der Waals surface area contributed by atoms with Crippen LogP contribution in [0.1, 0.15) is 6.92 Å². The Labute approximate surface area is 91.2 Å². The Morgan fingerprint density at radius 1 is 1.53 bits per heavy atom. The van der Waals surface area contributed by atoms with Gasteiger partial charge in [-0.05, 0) is 7.05 Å². The average Bonchev–Trinajstić information content (AvgIpc) is 2.17. The van der Waals surface area contributed by atoms with Crippen molar-refractivity contribution < 1.29 is 9.53 Å². The van der Waals surface area contributed by atoms with Gasteiger partial charge in [-0.3, -0.25) is 4.79 Å². The fraction of sp³-hybridized carbons (Fsp3) is 0.900. The Balaban J connectivity index is 1.97. The van der Waals surface area contributed by atoms with E-state index >= 15 is 0 Å². The van der Waals surface area contributed by atoms with Crippen LogP contribution < -0.4 is 10.6 Å². The van der Waals surface area contributed by atoms with Crippen molar-refractivity contribution in [3.63, 3.8) is 0 Å². The molecule has 0 bridgehead atoms. The molecular weight excluding hydrogens is 194 g/mol. The summed E-state index contributed by atoms with van der Waals surface area (Å²) in [4.78, 5) is 12.8. The highest BCUT2D eigenvalue weighted by molar-refractivity contribution is 5.72. The number of amides is 1. The molecule has 1 fully saturated rings. The first-order chi connectivity index (χ1) is 7.18. The number of hydrogen-bond acceptors (Lipinski definition) is 4. The van der Waals surface area contributed by atoms with E-state index in [0.29, 0.717) is 6.54 Å². The second-order valence-corrected chi connectivity index (χ2v) is 3.94. The van der Waals surface area contributed by atoms with E-state index in [0.717, 1.165) is 32.8 Å². The van der Waals surface area contributed by atoms with Crippen LogP contribution >= 0.6 is 0 Å². The van der Waals surface area contributed by atoms with Crippen LogP contribution in [0.25, 0.3) is 0 Å². The molecule has 2 N–H and O–H groups in total. The van der Waals surface area contributed by atoms with Crippen molar-refractivity contribution in [1.82, 2.24) is 15.5 Å². The molecule has 5 heteroatoms. The third-order valence-corrected chi connectivity index (χ3v) is 2.39. The SMILES string of the molecule is CC(=O)NCCNCC1CN(C)CCO1. The molecule has 1 atom stereocenters. The van der Waals surface area contributed by atoms with Gasteiger partial charge in [0.25, 0.3) is 0 Å². The van der Waals surface area contributed by atoms with E-state index in [-0.39, 0.29) is 12.0 Å². The first-order valence-corrected chi connectivity index (χ1v) is 5.44. The van der Waals surface area contributed by atoms with Gasteiger partial charge in [0.15, 0.2) is 0 Å². The lowest BCUT2D eigenvalue weighted by Crippen LogP contribution is -2.45. The maximum absolute atomic E-state index is 10.6. The molecule has 1 unspecified atom stereocenters. The van der Waals surface area contributed by atoms with E-state index in [1.54, 1.807) is 0 Å². The largest absolute Gasteiger partial charge is 0.374 e. The van der Waals surface area contributed by atoms with Crippen LogP contribution in [-0.2, 0) is 9.53 Å². The monoisotopic (exact) mass is 215 g/mol. The Hall–Kier alpha value is -0.650. The summed E-state index contributed by atoms with van der Waals surface area (Å²) in [7, 11) is 2.10. The van der Waals surface area contributed by atoms with Gasteiger partial charge in [0.1, 0.15) is 0 Å². The number of nitrogens with one attached hydrogen (secondary N) is 2. The maximum Gasteiger partial charge on any atom is 0.216 e. The van der Waals surface area contributed by atoms with Gasteiger partial charge in [0.2, 0.25) is 5.91 Å². The zero-order valence-electron chi connectivity index (χ0n) is 9.58. The Bertz CT molecular complexity index is 199. The summed E-state index contributed by atoms with van der Waals surface area (Å²) in [6, 6.07) is 0. The van der Waals surface area contributed by atoms with E-state index in [2.05, 4.69) is 22.6 Å². The van der Waals surface area contributed by atoms with Gasteiger partial charge in [-0.25, -0.2) is 0 Å². The molecule has 0 saturated carbocycles. The molecule has 1 aliphatic rings. The minimum Gasteiger partial charge on any atom is -0.374 e. The summed E-state index contributed by atoms with van der Waals surface area (Å²) in [6.45, 7) is 6.66. The van der Waals surface area contributed by atoms with Gasteiger partial charge in [0, 0.05) is 39.6 Å². The first-order valence-electron chi connectivity index (χ1n) is 5.44. The zero-order chi connectivity index (χ0) is 11.1. The predicted molar refractivity (Wildman–Crippen MR) is 58.8 cm³/mol. The van der Waals surface area contributed by atoms with Crippen molar-refractivity contribution in [2.75, 3.05) is 46.4 Å². The first kappa shape index (κ1) is 12.4. The Kier molecular flexibility index (Phi) is 5.60. The molecule has 0 aromatic rings. The van der Waals surface area contributed by atoms with Crippen molar-refractivity contribution in [1.29, 1.82) is 0 Å². The summed E-state index contributed by atoms with van der Waals surface area (Å²) in [6.07, 6.45) is 0.279. The van der Waals surface area contributed by atoms with E-state index in [4.69, 9.17) is 4.74 Å². The fourth-order valence-electron chi connectivity index (χ4n) is 1.58. The number of ether oxygens (including phenoxy) is 1. The number of hydrogen-bond donors (Lipinski definition) is 2. The van der Waals surface area contributed by atoms with Crippen molar-refractivity contribution >= 4 is 5.91 Å². The summed E-state index contributed by atoms with van der Waals surface area (Å²) in [5.74, 6) is 0.0189. The van der Waals surface area contributed by atoms with E-state index < -0.39 is 0 Å². The number of nitrogens with zero attached hydrogens (tertiary/aromatic N) is 1. The van der Waals surface area contributed by atoms with E-state index in [1.807, 2.05) is 0 Å². The average molecular weight is 215 g/mol. The van der Waals surface area contributed by atoms with Crippen LogP contribution in [-0.4, -0.2) is 63.3 Å². The third kappa shape index (κ3) is 5.71. The number of carbonyl (C=O) groups is 1. The highest BCUT2D eigenvalue weighted by Crippen LogP contribution is 2.00. The second kappa shape index (κ2) is 6.76. The highest BCUT2D eigenvalue weighted by Gasteiger charge is 2.16. The molecule has 1 amide bonds. The van der Waals surface area contributed by atoms with E-state index in [9.17, 15) is 4.79 Å². The molecule has 88 valence electrons. The number of morpholine rings is 1. The van der Waals surface area contributed by atoms with Gasteiger partial charge >= 0.3 is 0 Å². The summed E-state index contributed by atoms with van der Waals surface area (Å²) < 4.78 is 5.58. The van der Waals surface area contributed by atoms with Gasteiger partial charge in [-0.1, -0.05) is 0 Å². The van der Waals surface area contributed by atoms with Crippen molar-refractivity contribution in [3.8, 4) is 0 Å². The molecular formula is C10H21N3O2. The van der Waals surface area contributed by atoms with Crippen LogP contribution in [0.4, 0.5) is 0 Å². The molecule has 0 aromatic heterocycles. The second-order valence-electron chi connectivity index (χ2n) is 3.94. The highest BCUT2D eigenvalue weighted by atomic mass is 16.5. The summed E-state index contributed by atoms with van der Waals surface area (Å²) in [5.41, 5.74) is 0. The molecule has 0 spiro atoms. The van der Waals surface area contributed by atoms with Gasteiger partial charge < -0.3 is 20.3 Å². The maximum atomic E-state index is 10.6. The van der Waals surface area contributed by atoms with E-state index in [1.165, 1.54) is 6.92 Å². The molecule has 0 aliphatic carbocycles. The molecule has 1 saturated heterocycles. The van der Waals surface area contributed by atoms with Crippen molar-refractivity contribution in [2.24, 2.45) is 0 Å².